The summed E-state index contributed by atoms with van der Waals surface area (Å²) in [5.41, 5.74) is 0.348. The molecule has 18 heavy (non-hydrogen) atoms. The summed E-state index contributed by atoms with van der Waals surface area (Å²) in [7, 11) is -2.99. The molecule has 0 heterocycles. The molecule has 0 radical (unpaired) electrons. The molecule has 100 valence electrons. The van der Waals surface area contributed by atoms with Crippen LogP contribution in [0.3, 0.4) is 0 Å². The summed E-state index contributed by atoms with van der Waals surface area (Å²) in [6.07, 6.45) is 1.57. The van der Waals surface area contributed by atoms with Crippen molar-refractivity contribution >= 4 is 37.1 Å². The van der Waals surface area contributed by atoms with Gasteiger partial charge in [0.1, 0.15) is 15.5 Å². The molecule has 1 aromatic carbocycles. The monoisotopic (exact) mass is 336 g/mol. The van der Waals surface area contributed by atoms with Gasteiger partial charge in [-0.25, -0.2) is 8.42 Å². The molecule has 0 spiro atoms. The van der Waals surface area contributed by atoms with E-state index in [1.165, 1.54) is 6.07 Å². The fraction of sp³-hybridized carbons (Fsp3) is 0.400. The third-order valence-electron chi connectivity index (χ3n) is 2.16. The Kier molecular flexibility index (Phi) is 5.09. The van der Waals surface area contributed by atoms with Crippen LogP contribution in [-0.2, 0) is 9.84 Å². The average molecular weight is 337 g/mol. The molecule has 0 atom stereocenters. The van der Waals surface area contributed by atoms with E-state index in [9.17, 15) is 18.5 Å². The van der Waals surface area contributed by atoms with E-state index in [1.807, 2.05) is 0 Å². The fourth-order valence-electron chi connectivity index (χ4n) is 1.36. The zero-order valence-electron chi connectivity index (χ0n) is 9.72. The van der Waals surface area contributed by atoms with Crippen molar-refractivity contribution in [2.24, 2.45) is 0 Å². The lowest BCUT2D eigenvalue weighted by Crippen LogP contribution is -2.10. The van der Waals surface area contributed by atoms with Gasteiger partial charge in [-0.05, 0) is 18.6 Å². The minimum Gasteiger partial charge on any atom is -0.379 e. The Labute approximate surface area is 114 Å². The molecule has 1 rings (SSSR count). The summed E-state index contributed by atoms with van der Waals surface area (Å²) < 4.78 is 22.5. The van der Waals surface area contributed by atoms with Gasteiger partial charge in [0.15, 0.2) is 0 Å². The van der Waals surface area contributed by atoms with Gasteiger partial charge in [0.25, 0.3) is 5.69 Å². The minimum absolute atomic E-state index is 0.0382. The molecule has 0 aliphatic heterocycles. The number of hydrogen-bond acceptors (Lipinski definition) is 5. The molecule has 0 aliphatic rings. The standard InChI is InChI=1S/C10H13BrN2O4S/c1-18(16,17)6-2-5-12-9-4-3-8(11)7-10(9)13(14)15/h3-4,7,12H,2,5-6H2,1H3. The highest BCUT2D eigenvalue weighted by molar-refractivity contribution is 9.10. The van der Waals surface area contributed by atoms with Crippen LogP contribution in [0.15, 0.2) is 22.7 Å². The molecule has 0 amide bonds. The largest absolute Gasteiger partial charge is 0.379 e. The quantitative estimate of drug-likeness (QED) is 0.488. The molecule has 0 saturated heterocycles. The number of nitro groups is 1. The van der Waals surface area contributed by atoms with Crippen molar-refractivity contribution in [1.82, 2.24) is 0 Å². The molecule has 6 nitrogen and oxygen atoms in total. The van der Waals surface area contributed by atoms with Crippen LogP contribution >= 0.6 is 15.9 Å². The zero-order chi connectivity index (χ0) is 13.8. The first-order valence-corrected chi connectivity index (χ1v) is 8.00. The van der Waals surface area contributed by atoms with Crippen molar-refractivity contribution in [2.75, 3.05) is 23.9 Å². The number of anilines is 1. The highest BCUT2D eigenvalue weighted by Crippen LogP contribution is 2.27. The van der Waals surface area contributed by atoms with Gasteiger partial charge >= 0.3 is 0 Å². The van der Waals surface area contributed by atoms with Crippen LogP contribution in [0.1, 0.15) is 6.42 Å². The summed E-state index contributed by atoms with van der Waals surface area (Å²) in [5.74, 6) is 0.0598. The average Bonchev–Trinajstić information content (AvgIpc) is 2.24. The second kappa shape index (κ2) is 6.14. The molecular weight excluding hydrogens is 324 g/mol. The van der Waals surface area contributed by atoms with Crippen LogP contribution in [0, 0.1) is 10.1 Å². The van der Waals surface area contributed by atoms with Crippen LogP contribution in [0.5, 0.6) is 0 Å². The second-order valence-electron chi connectivity index (χ2n) is 3.83. The van der Waals surface area contributed by atoms with Crippen LogP contribution in [0.25, 0.3) is 0 Å². The molecule has 8 heteroatoms. The molecule has 0 bridgehead atoms. The highest BCUT2D eigenvalue weighted by Gasteiger charge is 2.13. The Morgan fingerprint density at radius 3 is 2.67 bits per heavy atom. The molecule has 0 fully saturated rings. The van der Waals surface area contributed by atoms with Gasteiger partial charge in [0, 0.05) is 23.3 Å². The molecular formula is C10H13BrN2O4S. The van der Waals surface area contributed by atoms with Crippen LogP contribution in [-0.4, -0.2) is 31.9 Å². The molecule has 0 aromatic heterocycles. The van der Waals surface area contributed by atoms with E-state index >= 15 is 0 Å². The zero-order valence-corrected chi connectivity index (χ0v) is 12.1. The lowest BCUT2D eigenvalue weighted by Gasteiger charge is -2.06. The Bertz CT molecular complexity index is 545. The number of rotatable bonds is 6. The number of nitro benzene ring substituents is 1. The summed E-state index contributed by atoms with van der Waals surface area (Å²) in [6, 6.07) is 4.67. The summed E-state index contributed by atoms with van der Waals surface area (Å²) in [4.78, 5) is 10.3. The first-order chi connectivity index (χ1) is 8.29. The van der Waals surface area contributed by atoms with Crippen LogP contribution in [0.4, 0.5) is 11.4 Å². The summed E-state index contributed by atoms with van der Waals surface area (Å²) in [5, 5.41) is 13.7. The van der Waals surface area contributed by atoms with Crippen LogP contribution < -0.4 is 5.32 Å². The lowest BCUT2D eigenvalue weighted by atomic mass is 10.2. The van der Waals surface area contributed by atoms with E-state index in [1.54, 1.807) is 12.1 Å². The number of halogens is 1. The van der Waals surface area contributed by atoms with Crippen molar-refractivity contribution in [2.45, 2.75) is 6.42 Å². The Hall–Kier alpha value is -1.15. The van der Waals surface area contributed by atoms with E-state index in [4.69, 9.17) is 0 Å². The number of benzene rings is 1. The SMILES string of the molecule is CS(=O)(=O)CCCNc1ccc(Br)cc1[N+](=O)[O-]. The van der Waals surface area contributed by atoms with Gasteiger partial charge in [0.05, 0.1) is 10.7 Å². The van der Waals surface area contributed by atoms with Crippen LogP contribution in [0.2, 0.25) is 0 Å². The van der Waals surface area contributed by atoms with E-state index in [-0.39, 0.29) is 11.4 Å². The van der Waals surface area contributed by atoms with Gasteiger partial charge < -0.3 is 5.32 Å². The third-order valence-corrected chi connectivity index (χ3v) is 3.69. The first kappa shape index (κ1) is 14.9. The first-order valence-electron chi connectivity index (χ1n) is 5.15. The summed E-state index contributed by atoms with van der Waals surface area (Å²) in [6.45, 7) is 0.371. The number of nitrogens with zero attached hydrogens (tertiary/aromatic N) is 1. The van der Waals surface area contributed by atoms with Gasteiger partial charge in [-0.3, -0.25) is 10.1 Å². The van der Waals surface area contributed by atoms with E-state index in [0.717, 1.165) is 6.26 Å². The molecule has 0 unspecified atom stereocenters. The topological polar surface area (TPSA) is 89.3 Å². The van der Waals surface area contributed by atoms with Crippen molar-refractivity contribution in [3.05, 3.63) is 32.8 Å². The minimum atomic E-state index is -2.99. The smallest absolute Gasteiger partial charge is 0.293 e. The van der Waals surface area contributed by atoms with E-state index < -0.39 is 14.8 Å². The van der Waals surface area contributed by atoms with E-state index in [0.29, 0.717) is 23.1 Å². The maximum absolute atomic E-state index is 10.9. The van der Waals surface area contributed by atoms with Crippen molar-refractivity contribution in [3.63, 3.8) is 0 Å². The third kappa shape index (κ3) is 5.01. The number of sulfone groups is 1. The Morgan fingerprint density at radius 2 is 2.11 bits per heavy atom. The molecule has 1 N–H and O–H groups in total. The van der Waals surface area contributed by atoms with Crippen molar-refractivity contribution in [1.29, 1.82) is 0 Å². The molecule has 0 aliphatic carbocycles. The Morgan fingerprint density at radius 1 is 1.44 bits per heavy atom. The number of nitrogens with one attached hydrogen (secondary N) is 1. The maximum atomic E-state index is 10.9. The lowest BCUT2D eigenvalue weighted by molar-refractivity contribution is -0.384. The Balaban J connectivity index is 2.65. The predicted molar refractivity (Wildman–Crippen MR) is 73.6 cm³/mol. The fourth-order valence-corrected chi connectivity index (χ4v) is 2.38. The maximum Gasteiger partial charge on any atom is 0.293 e. The van der Waals surface area contributed by atoms with Gasteiger partial charge in [-0.15, -0.1) is 0 Å². The number of hydrogen-bond donors (Lipinski definition) is 1. The van der Waals surface area contributed by atoms with Gasteiger partial charge in [0.2, 0.25) is 0 Å². The van der Waals surface area contributed by atoms with Gasteiger partial charge in [-0.1, -0.05) is 15.9 Å². The molecule has 0 saturated carbocycles. The molecule has 1 aromatic rings. The normalized spacial score (nSPS) is 11.2. The van der Waals surface area contributed by atoms with Gasteiger partial charge in [-0.2, -0.15) is 0 Å². The van der Waals surface area contributed by atoms with Crippen molar-refractivity contribution in [3.8, 4) is 0 Å². The second-order valence-corrected chi connectivity index (χ2v) is 7.00. The predicted octanol–water partition coefficient (Wildman–Crippen LogP) is 2.20. The van der Waals surface area contributed by atoms with E-state index in [2.05, 4.69) is 21.2 Å². The highest BCUT2D eigenvalue weighted by atomic mass is 79.9. The van der Waals surface area contributed by atoms with Crippen molar-refractivity contribution < 1.29 is 13.3 Å². The summed E-state index contributed by atoms with van der Waals surface area (Å²) >= 11 is 3.16.